The number of carbonyl (C=O) groups is 1. The minimum atomic E-state index is -0.950. The second-order valence-electron chi connectivity index (χ2n) is 6.07. The van der Waals surface area contributed by atoms with Crippen LogP contribution in [0.2, 0.25) is 0 Å². The van der Waals surface area contributed by atoms with Crippen molar-refractivity contribution in [1.29, 1.82) is 0 Å². The molecule has 0 bridgehead atoms. The molecular formula is C20H20BrNO4. The lowest BCUT2D eigenvalue weighted by Gasteiger charge is -2.13. The van der Waals surface area contributed by atoms with Crippen LogP contribution in [-0.2, 0) is 20.8 Å². The molecule has 0 fully saturated rings. The minimum absolute atomic E-state index is 0.100. The second-order valence-corrected chi connectivity index (χ2v) is 6.99. The van der Waals surface area contributed by atoms with Crippen molar-refractivity contribution in [2.24, 2.45) is 5.16 Å². The maximum absolute atomic E-state index is 11.3. The highest BCUT2D eigenvalue weighted by Crippen LogP contribution is 2.30. The average Bonchev–Trinajstić information content (AvgIpc) is 3.12. The molecule has 0 aliphatic carbocycles. The van der Waals surface area contributed by atoms with Gasteiger partial charge in [-0.25, -0.2) is 4.79 Å². The average molecular weight is 418 g/mol. The van der Waals surface area contributed by atoms with Gasteiger partial charge in [0.15, 0.2) is 12.2 Å². The molecule has 1 aliphatic rings. The molecule has 0 radical (unpaired) electrons. The van der Waals surface area contributed by atoms with Gasteiger partial charge in [-0.3, -0.25) is 0 Å². The number of carboxylic acid groups (broad SMARTS) is 1. The van der Waals surface area contributed by atoms with Gasteiger partial charge in [0.1, 0.15) is 0 Å². The third kappa shape index (κ3) is 4.51. The fraction of sp³-hybridized carbons (Fsp3) is 0.300. The van der Waals surface area contributed by atoms with Crippen LogP contribution in [0.4, 0.5) is 0 Å². The Hall–Kier alpha value is -2.18. The quantitative estimate of drug-likeness (QED) is 0.726. The lowest BCUT2D eigenvalue weighted by molar-refractivity contribution is -0.149. The summed E-state index contributed by atoms with van der Waals surface area (Å²) >= 11 is 3.43. The number of hydrogen-bond donors (Lipinski definition) is 1. The first-order valence-electron chi connectivity index (χ1n) is 8.48. The normalized spacial score (nSPS) is 17.5. The monoisotopic (exact) mass is 417 g/mol. The number of rotatable bonds is 7. The van der Waals surface area contributed by atoms with Crippen molar-refractivity contribution in [1.82, 2.24) is 0 Å². The zero-order chi connectivity index (χ0) is 18.5. The third-order valence-electron chi connectivity index (χ3n) is 4.24. The molecule has 1 N–H and O–H groups in total. The van der Waals surface area contributed by atoms with Gasteiger partial charge < -0.3 is 14.7 Å². The molecule has 0 amide bonds. The van der Waals surface area contributed by atoms with E-state index in [1.807, 2.05) is 48.5 Å². The number of aliphatic carboxylic acids is 1. The van der Waals surface area contributed by atoms with Gasteiger partial charge in [-0.15, -0.1) is 0 Å². The zero-order valence-electron chi connectivity index (χ0n) is 14.4. The molecule has 0 spiro atoms. The SMILES string of the molecule is CCO[C@@H](Cc1cccc(C2=NOC(c3ccc(Br)cc3)C2)c1)C(=O)O. The van der Waals surface area contributed by atoms with Crippen LogP contribution < -0.4 is 0 Å². The molecule has 5 nitrogen and oxygen atoms in total. The fourth-order valence-electron chi connectivity index (χ4n) is 2.91. The molecule has 2 aromatic carbocycles. The Morgan fingerprint density at radius 1 is 1.35 bits per heavy atom. The predicted octanol–water partition coefficient (Wildman–Crippen LogP) is 4.35. The summed E-state index contributed by atoms with van der Waals surface area (Å²) in [6.45, 7) is 2.16. The summed E-state index contributed by atoms with van der Waals surface area (Å²) in [6, 6.07) is 15.7. The van der Waals surface area contributed by atoms with Crippen LogP contribution >= 0.6 is 15.9 Å². The summed E-state index contributed by atoms with van der Waals surface area (Å²) in [6.07, 6.45) is 0.0599. The number of benzene rings is 2. The molecule has 0 aromatic heterocycles. The first-order valence-corrected chi connectivity index (χ1v) is 9.28. The predicted molar refractivity (Wildman–Crippen MR) is 102 cm³/mol. The maximum Gasteiger partial charge on any atom is 0.333 e. The summed E-state index contributed by atoms with van der Waals surface area (Å²) < 4.78 is 6.32. The van der Waals surface area contributed by atoms with Gasteiger partial charge in [0.25, 0.3) is 0 Å². The first-order chi connectivity index (χ1) is 12.6. The summed E-state index contributed by atoms with van der Waals surface area (Å²) in [5.41, 5.74) is 3.79. The maximum atomic E-state index is 11.3. The van der Waals surface area contributed by atoms with Crippen molar-refractivity contribution < 1.29 is 19.5 Å². The highest BCUT2D eigenvalue weighted by atomic mass is 79.9. The molecular weight excluding hydrogens is 398 g/mol. The Morgan fingerprint density at radius 2 is 2.12 bits per heavy atom. The Labute approximate surface area is 160 Å². The number of hydrogen-bond acceptors (Lipinski definition) is 4. The van der Waals surface area contributed by atoms with Gasteiger partial charge in [-0.1, -0.05) is 51.4 Å². The lowest BCUT2D eigenvalue weighted by Crippen LogP contribution is -2.26. The lowest BCUT2D eigenvalue weighted by atomic mass is 9.97. The molecule has 26 heavy (non-hydrogen) atoms. The van der Waals surface area contributed by atoms with E-state index < -0.39 is 12.1 Å². The van der Waals surface area contributed by atoms with Gasteiger partial charge >= 0.3 is 5.97 Å². The van der Waals surface area contributed by atoms with Crippen molar-refractivity contribution in [2.45, 2.75) is 32.0 Å². The Bertz CT molecular complexity index is 804. The first kappa shape index (κ1) is 18.6. The molecule has 0 saturated heterocycles. The molecule has 6 heteroatoms. The van der Waals surface area contributed by atoms with Gasteiger partial charge in [-0.05, 0) is 41.8 Å². The smallest absolute Gasteiger partial charge is 0.333 e. The van der Waals surface area contributed by atoms with E-state index in [1.165, 1.54) is 0 Å². The van der Waals surface area contributed by atoms with E-state index >= 15 is 0 Å². The van der Waals surface area contributed by atoms with Gasteiger partial charge in [0.05, 0.1) is 5.71 Å². The van der Waals surface area contributed by atoms with E-state index in [0.717, 1.165) is 26.9 Å². The van der Waals surface area contributed by atoms with Gasteiger partial charge in [0, 0.05) is 23.9 Å². The minimum Gasteiger partial charge on any atom is -0.479 e. The van der Waals surface area contributed by atoms with Crippen LogP contribution in [0.5, 0.6) is 0 Å². The number of carboxylic acids is 1. The molecule has 0 saturated carbocycles. The molecule has 3 rings (SSSR count). The number of halogens is 1. The zero-order valence-corrected chi connectivity index (χ0v) is 16.0. The van der Waals surface area contributed by atoms with E-state index in [1.54, 1.807) is 6.92 Å². The Morgan fingerprint density at radius 3 is 2.81 bits per heavy atom. The van der Waals surface area contributed by atoms with Crippen LogP contribution in [0.1, 0.15) is 36.1 Å². The van der Waals surface area contributed by atoms with E-state index in [-0.39, 0.29) is 6.10 Å². The van der Waals surface area contributed by atoms with Crippen LogP contribution in [0.3, 0.4) is 0 Å². The molecule has 2 aromatic rings. The van der Waals surface area contributed by atoms with Crippen LogP contribution in [-0.4, -0.2) is 29.5 Å². The van der Waals surface area contributed by atoms with Gasteiger partial charge in [-0.2, -0.15) is 0 Å². The summed E-state index contributed by atoms with van der Waals surface area (Å²) in [4.78, 5) is 16.9. The number of ether oxygens (including phenoxy) is 1. The second kappa shape index (κ2) is 8.47. The molecule has 1 aliphatic heterocycles. The Balaban J connectivity index is 1.70. The third-order valence-corrected chi connectivity index (χ3v) is 4.76. The van der Waals surface area contributed by atoms with Crippen molar-refractivity contribution in [3.05, 3.63) is 69.7 Å². The molecule has 2 atom stereocenters. The summed E-state index contributed by atoms with van der Waals surface area (Å²) in [5.74, 6) is -0.950. The van der Waals surface area contributed by atoms with Crippen LogP contribution in [0, 0.1) is 0 Å². The van der Waals surface area contributed by atoms with E-state index in [4.69, 9.17) is 9.57 Å². The summed E-state index contributed by atoms with van der Waals surface area (Å²) in [5, 5.41) is 13.5. The van der Waals surface area contributed by atoms with E-state index in [2.05, 4.69) is 21.1 Å². The van der Waals surface area contributed by atoms with Crippen molar-refractivity contribution >= 4 is 27.6 Å². The highest BCUT2D eigenvalue weighted by molar-refractivity contribution is 9.10. The van der Waals surface area contributed by atoms with Crippen molar-refractivity contribution in [3.63, 3.8) is 0 Å². The highest BCUT2D eigenvalue weighted by Gasteiger charge is 2.24. The largest absolute Gasteiger partial charge is 0.479 e. The van der Waals surface area contributed by atoms with Crippen LogP contribution in [0.25, 0.3) is 0 Å². The topological polar surface area (TPSA) is 68.1 Å². The molecule has 1 unspecified atom stereocenters. The van der Waals surface area contributed by atoms with Crippen molar-refractivity contribution in [2.75, 3.05) is 6.61 Å². The van der Waals surface area contributed by atoms with E-state index in [9.17, 15) is 9.90 Å². The molecule has 1 heterocycles. The fourth-order valence-corrected chi connectivity index (χ4v) is 3.18. The van der Waals surface area contributed by atoms with Crippen LogP contribution in [0.15, 0.2) is 58.2 Å². The van der Waals surface area contributed by atoms with Crippen molar-refractivity contribution in [3.8, 4) is 0 Å². The standard InChI is InChI=1S/C20H20BrNO4/c1-2-25-19(20(23)24)11-13-4-3-5-15(10-13)17-12-18(26-22-17)14-6-8-16(21)9-7-14/h3-10,18-19H,2,11-12H2,1H3,(H,23,24)/t18?,19-/m0/s1. The molecule has 136 valence electrons. The Kier molecular flexibility index (Phi) is 6.06. The number of nitrogens with zero attached hydrogens (tertiary/aromatic N) is 1. The number of oxime groups is 1. The van der Waals surface area contributed by atoms with E-state index in [0.29, 0.717) is 19.4 Å². The summed E-state index contributed by atoms with van der Waals surface area (Å²) in [7, 11) is 0. The van der Waals surface area contributed by atoms with Gasteiger partial charge in [0.2, 0.25) is 0 Å².